The Hall–Kier alpha value is -3.58. The Morgan fingerprint density at radius 1 is 0.833 bits per heavy atom. The maximum atomic E-state index is 12.4. The number of anilines is 1. The van der Waals surface area contributed by atoms with Crippen LogP contribution in [0.2, 0.25) is 0 Å². The highest BCUT2D eigenvalue weighted by Gasteiger charge is 2.12. The molecule has 0 aliphatic carbocycles. The van der Waals surface area contributed by atoms with Crippen molar-refractivity contribution in [2.24, 2.45) is 0 Å². The lowest BCUT2D eigenvalue weighted by molar-refractivity contribution is 0.0975. The van der Waals surface area contributed by atoms with Crippen molar-refractivity contribution in [3.63, 3.8) is 0 Å². The first-order chi connectivity index (χ1) is 14.7. The van der Waals surface area contributed by atoms with E-state index in [1.165, 1.54) is 7.11 Å². The molecule has 0 aromatic heterocycles. The predicted molar refractivity (Wildman–Crippen MR) is 121 cm³/mol. The largest absolute Gasteiger partial charge is 0.496 e. The molecule has 0 unspecified atom stereocenters. The molecule has 0 fully saturated rings. The van der Waals surface area contributed by atoms with Crippen LogP contribution in [0.5, 0.6) is 17.2 Å². The maximum absolute atomic E-state index is 12.4. The summed E-state index contributed by atoms with van der Waals surface area (Å²) in [6, 6.07) is 23.8. The van der Waals surface area contributed by atoms with E-state index in [-0.39, 0.29) is 11.0 Å². The van der Waals surface area contributed by atoms with E-state index in [2.05, 4.69) is 10.6 Å². The van der Waals surface area contributed by atoms with Crippen molar-refractivity contribution in [3.8, 4) is 17.2 Å². The van der Waals surface area contributed by atoms with Gasteiger partial charge in [-0.3, -0.25) is 10.1 Å². The number of hydrogen-bond donors (Lipinski definition) is 2. The van der Waals surface area contributed by atoms with Crippen LogP contribution in [0, 0.1) is 0 Å². The molecule has 0 heterocycles. The lowest BCUT2D eigenvalue weighted by Gasteiger charge is -2.12. The monoisotopic (exact) mass is 422 g/mol. The van der Waals surface area contributed by atoms with Crippen molar-refractivity contribution in [2.45, 2.75) is 0 Å². The van der Waals surface area contributed by atoms with E-state index in [9.17, 15) is 4.79 Å². The highest BCUT2D eigenvalue weighted by molar-refractivity contribution is 7.80. The van der Waals surface area contributed by atoms with Gasteiger partial charge in [0, 0.05) is 5.69 Å². The first-order valence-corrected chi connectivity index (χ1v) is 9.72. The highest BCUT2D eigenvalue weighted by Crippen LogP contribution is 2.18. The zero-order valence-electron chi connectivity index (χ0n) is 16.5. The summed E-state index contributed by atoms with van der Waals surface area (Å²) in [4.78, 5) is 12.4. The van der Waals surface area contributed by atoms with E-state index in [0.717, 1.165) is 11.4 Å². The lowest BCUT2D eigenvalue weighted by atomic mass is 10.2. The van der Waals surface area contributed by atoms with E-state index < -0.39 is 0 Å². The van der Waals surface area contributed by atoms with Crippen LogP contribution in [-0.2, 0) is 0 Å². The second-order valence-electron chi connectivity index (χ2n) is 6.14. The molecule has 0 atom stereocenters. The van der Waals surface area contributed by atoms with E-state index in [0.29, 0.717) is 30.3 Å². The fraction of sp³-hybridized carbons (Fsp3) is 0.130. The van der Waals surface area contributed by atoms with Crippen molar-refractivity contribution in [2.75, 3.05) is 25.6 Å². The van der Waals surface area contributed by atoms with Gasteiger partial charge in [0.1, 0.15) is 30.5 Å². The number of hydrogen-bond acceptors (Lipinski definition) is 5. The first kappa shape index (κ1) is 21.1. The Balaban J connectivity index is 1.44. The molecule has 0 aliphatic rings. The molecule has 0 aliphatic heterocycles. The molecule has 0 saturated heterocycles. The van der Waals surface area contributed by atoms with Gasteiger partial charge < -0.3 is 19.5 Å². The third kappa shape index (κ3) is 6.22. The molecular weight excluding hydrogens is 400 g/mol. The SMILES string of the molecule is COc1ccccc1C(=O)NC(=S)Nc1ccc(OCCOc2ccccc2)cc1. The van der Waals surface area contributed by atoms with Crippen molar-refractivity contribution >= 4 is 28.9 Å². The smallest absolute Gasteiger partial charge is 0.261 e. The molecule has 3 rings (SSSR count). The molecule has 0 saturated carbocycles. The number of rotatable bonds is 8. The Morgan fingerprint density at radius 3 is 2.10 bits per heavy atom. The Labute approximate surface area is 180 Å². The van der Waals surface area contributed by atoms with Crippen molar-refractivity contribution in [3.05, 3.63) is 84.4 Å². The van der Waals surface area contributed by atoms with Gasteiger partial charge in [-0.05, 0) is 60.7 Å². The molecule has 3 aromatic rings. The number of para-hydroxylation sites is 2. The minimum atomic E-state index is -0.344. The number of thiocarbonyl (C=S) groups is 1. The minimum Gasteiger partial charge on any atom is -0.496 e. The fourth-order valence-corrected chi connectivity index (χ4v) is 2.85. The van der Waals surface area contributed by atoms with Crippen molar-refractivity contribution < 1.29 is 19.0 Å². The number of ether oxygens (including phenoxy) is 3. The van der Waals surface area contributed by atoms with Crippen LogP contribution in [0.1, 0.15) is 10.4 Å². The molecule has 7 heteroatoms. The summed E-state index contributed by atoms with van der Waals surface area (Å²) in [7, 11) is 1.51. The summed E-state index contributed by atoms with van der Waals surface area (Å²) < 4.78 is 16.5. The highest BCUT2D eigenvalue weighted by atomic mass is 32.1. The average Bonchev–Trinajstić information content (AvgIpc) is 2.78. The van der Waals surface area contributed by atoms with Gasteiger partial charge in [0.25, 0.3) is 5.91 Å². The summed E-state index contributed by atoms with van der Waals surface area (Å²) in [5.74, 6) is 1.66. The molecule has 30 heavy (non-hydrogen) atoms. The first-order valence-electron chi connectivity index (χ1n) is 9.32. The standard InChI is InChI=1S/C23H22N2O4S/c1-27-21-10-6-5-9-20(21)22(26)25-23(30)24-17-11-13-19(14-12-17)29-16-15-28-18-7-3-2-4-8-18/h2-14H,15-16H2,1H3,(H2,24,25,26,30). The fourth-order valence-electron chi connectivity index (χ4n) is 2.64. The second-order valence-corrected chi connectivity index (χ2v) is 6.55. The van der Waals surface area contributed by atoms with Crippen LogP contribution in [0.4, 0.5) is 5.69 Å². The summed E-state index contributed by atoms with van der Waals surface area (Å²) in [6.07, 6.45) is 0. The number of benzene rings is 3. The minimum absolute atomic E-state index is 0.191. The van der Waals surface area contributed by atoms with E-state index in [1.807, 2.05) is 54.6 Å². The van der Waals surface area contributed by atoms with Crippen molar-refractivity contribution in [1.29, 1.82) is 0 Å². The molecule has 0 radical (unpaired) electrons. The Morgan fingerprint density at radius 2 is 1.43 bits per heavy atom. The molecule has 1 amide bonds. The van der Waals surface area contributed by atoms with E-state index in [4.69, 9.17) is 26.4 Å². The molecule has 3 aromatic carbocycles. The van der Waals surface area contributed by atoms with Gasteiger partial charge in [-0.2, -0.15) is 0 Å². The topological polar surface area (TPSA) is 68.8 Å². The van der Waals surface area contributed by atoms with Gasteiger partial charge >= 0.3 is 0 Å². The molecule has 0 bridgehead atoms. The van der Waals surface area contributed by atoms with Gasteiger partial charge in [0.2, 0.25) is 0 Å². The number of methoxy groups -OCH3 is 1. The normalized spacial score (nSPS) is 10.0. The van der Waals surface area contributed by atoms with Gasteiger partial charge in [-0.15, -0.1) is 0 Å². The van der Waals surface area contributed by atoms with Crippen LogP contribution in [0.15, 0.2) is 78.9 Å². The summed E-state index contributed by atoms with van der Waals surface area (Å²) in [5.41, 5.74) is 1.14. The van der Waals surface area contributed by atoms with Crippen LogP contribution >= 0.6 is 12.2 Å². The van der Waals surface area contributed by atoms with Gasteiger partial charge in [0.15, 0.2) is 5.11 Å². The average molecular weight is 423 g/mol. The number of nitrogens with one attached hydrogen (secondary N) is 2. The zero-order chi connectivity index (χ0) is 21.2. The van der Waals surface area contributed by atoms with E-state index >= 15 is 0 Å². The number of carbonyl (C=O) groups is 1. The summed E-state index contributed by atoms with van der Waals surface area (Å²) in [5, 5.41) is 5.81. The van der Waals surface area contributed by atoms with Crippen LogP contribution in [0.3, 0.4) is 0 Å². The van der Waals surface area contributed by atoms with Gasteiger partial charge in [-0.25, -0.2) is 0 Å². The zero-order valence-corrected chi connectivity index (χ0v) is 17.3. The second kappa shape index (κ2) is 10.8. The molecule has 6 nitrogen and oxygen atoms in total. The van der Waals surface area contributed by atoms with Crippen LogP contribution in [0.25, 0.3) is 0 Å². The summed E-state index contributed by atoms with van der Waals surface area (Å²) in [6.45, 7) is 0.873. The van der Waals surface area contributed by atoms with Gasteiger partial charge in [-0.1, -0.05) is 30.3 Å². The molecule has 154 valence electrons. The molecule has 0 spiro atoms. The summed E-state index contributed by atoms with van der Waals surface area (Å²) >= 11 is 5.23. The van der Waals surface area contributed by atoms with Crippen LogP contribution < -0.4 is 24.8 Å². The molecule has 2 N–H and O–H groups in total. The third-order valence-corrected chi connectivity index (χ3v) is 4.26. The maximum Gasteiger partial charge on any atom is 0.261 e. The quantitative estimate of drug-likeness (QED) is 0.417. The predicted octanol–water partition coefficient (Wildman–Crippen LogP) is 4.28. The Kier molecular flexibility index (Phi) is 7.63. The third-order valence-electron chi connectivity index (χ3n) is 4.05. The Bertz CT molecular complexity index is 978. The molecular formula is C23H22N2O4S. The number of carbonyl (C=O) groups excluding carboxylic acids is 1. The van der Waals surface area contributed by atoms with Crippen molar-refractivity contribution in [1.82, 2.24) is 5.32 Å². The van der Waals surface area contributed by atoms with Gasteiger partial charge in [0.05, 0.1) is 12.7 Å². The number of amides is 1. The van der Waals surface area contributed by atoms with Crippen LogP contribution in [-0.4, -0.2) is 31.3 Å². The van der Waals surface area contributed by atoms with E-state index in [1.54, 1.807) is 24.3 Å². The lowest BCUT2D eigenvalue weighted by Crippen LogP contribution is -2.34.